The van der Waals surface area contributed by atoms with Gasteiger partial charge in [-0.1, -0.05) is 17.7 Å². The van der Waals surface area contributed by atoms with E-state index in [0.29, 0.717) is 10.6 Å². The standard InChI is InChI=1S/C11H12ClNO2/c1-13(2)9-5-3-8(10(12)7-9)4-6-11(14)15/h3-7H,1-2H3,(H,14,15)/b6-4+. The molecule has 1 aromatic rings. The van der Waals surface area contributed by atoms with Crippen LogP contribution in [0.3, 0.4) is 0 Å². The summed E-state index contributed by atoms with van der Waals surface area (Å²) < 4.78 is 0. The third kappa shape index (κ3) is 3.29. The molecule has 0 fully saturated rings. The average molecular weight is 226 g/mol. The van der Waals surface area contributed by atoms with Crippen molar-refractivity contribution in [2.75, 3.05) is 19.0 Å². The number of carboxylic acids is 1. The van der Waals surface area contributed by atoms with Crippen molar-refractivity contribution < 1.29 is 9.90 Å². The predicted octanol–water partition coefficient (Wildman–Crippen LogP) is 2.50. The minimum atomic E-state index is -0.984. The van der Waals surface area contributed by atoms with E-state index in [1.54, 1.807) is 12.1 Å². The zero-order valence-corrected chi connectivity index (χ0v) is 9.32. The highest BCUT2D eigenvalue weighted by molar-refractivity contribution is 6.32. The first kappa shape index (κ1) is 11.6. The number of aliphatic carboxylic acids is 1. The van der Waals surface area contributed by atoms with Crippen LogP contribution in [0.2, 0.25) is 5.02 Å². The molecule has 0 saturated heterocycles. The molecular formula is C11H12ClNO2. The molecule has 0 unspecified atom stereocenters. The highest BCUT2D eigenvalue weighted by Crippen LogP contribution is 2.23. The van der Waals surface area contributed by atoms with Crippen molar-refractivity contribution in [2.24, 2.45) is 0 Å². The third-order valence-corrected chi connectivity index (χ3v) is 2.23. The minimum Gasteiger partial charge on any atom is -0.478 e. The van der Waals surface area contributed by atoms with Crippen LogP contribution in [0.25, 0.3) is 6.08 Å². The zero-order chi connectivity index (χ0) is 11.4. The van der Waals surface area contributed by atoms with Gasteiger partial charge < -0.3 is 10.0 Å². The number of carbonyl (C=O) groups is 1. The summed E-state index contributed by atoms with van der Waals surface area (Å²) in [6, 6.07) is 5.47. The molecule has 0 aliphatic rings. The monoisotopic (exact) mass is 225 g/mol. The van der Waals surface area contributed by atoms with Gasteiger partial charge in [-0.25, -0.2) is 4.79 Å². The second kappa shape index (κ2) is 4.84. The molecule has 1 aromatic carbocycles. The van der Waals surface area contributed by atoms with Crippen molar-refractivity contribution in [3.63, 3.8) is 0 Å². The number of hydrogen-bond acceptors (Lipinski definition) is 2. The van der Waals surface area contributed by atoms with E-state index in [1.165, 1.54) is 6.08 Å². The highest BCUT2D eigenvalue weighted by Gasteiger charge is 2.00. The van der Waals surface area contributed by atoms with Gasteiger partial charge in [0.05, 0.1) is 0 Å². The fraction of sp³-hybridized carbons (Fsp3) is 0.182. The molecule has 0 aromatic heterocycles. The van der Waals surface area contributed by atoms with Crippen LogP contribution in [0.5, 0.6) is 0 Å². The van der Waals surface area contributed by atoms with Gasteiger partial charge >= 0.3 is 5.97 Å². The molecule has 3 nitrogen and oxygen atoms in total. The fourth-order valence-corrected chi connectivity index (χ4v) is 1.33. The average Bonchev–Trinajstić information content (AvgIpc) is 2.15. The Labute approximate surface area is 93.6 Å². The maximum atomic E-state index is 10.3. The number of carboxylic acid groups (broad SMARTS) is 1. The lowest BCUT2D eigenvalue weighted by atomic mass is 10.2. The number of benzene rings is 1. The summed E-state index contributed by atoms with van der Waals surface area (Å²) in [7, 11) is 3.83. The Balaban J connectivity index is 2.98. The Bertz CT molecular complexity index is 400. The summed E-state index contributed by atoms with van der Waals surface area (Å²) in [5, 5.41) is 9.01. The molecule has 0 atom stereocenters. The summed E-state index contributed by atoms with van der Waals surface area (Å²) in [5.74, 6) is -0.984. The smallest absolute Gasteiger partial charge is 0.328 e. The number of nitrogens with zero attached hydrogens (tertiary/aromatic N) is 1. The molecule has 1 N–H and O–H groups in total. The highest BCUT2D eigenvalue weighted by atomic mass is 35.5. The maximum Gasteiger partial charge on any atom is 0.328 e. The van der Waals surface area contributed by atoms with Crippen LogP contribution >= 0.6 is 11.6 Å². The van der Waals surface area contributed by atoms with Gasteiger partial charge in [0.2, 0.25) is 0 Å². The molecule has 1 rings (SSSR count). The lowest BCUT2D eigenvalue weighted by Crippen LogP contribution is -2.08. The molecule has 4 heteroatoms. The maximum absolute atomic E-state index is 10.3. The van der Waals surface area contributed by atoms with Gasteiger partial charge in [-0.15, -0.1) is 0 Å². The SMILES string of the molecule is CN(C)c1ccc(/C=C/C(=O)O)c(Cl)c1. The largest absolute Gasteiger partial charge is 0.478 e. The van der Waals surface area contributed by atoms with Gasteiger partial charge in [-0.3, -0.25) is 0 Å². The quantitative estimate of drug-likeness (QED) is 0.804. The summed E-state index contributed by atoms with van der Waals surface area (Å²) >= 11 is 5.99. The molecule has 0 bridgehead atoms. The summed E-state index contributed by atoms with van der Waals surface area (Å²) in [6.07, 6.45) is 2.54. The molecule has 15 heavy (non-hydrogen) atoms. The fourth-order valence-electron chi connectivity index (χ4n) is 1.09. The Morgan fingerprint density at radius 2 is 2.13 bits per heavy atom. The van der Waals surface area contributed by atoms with Crippen LogP contribution in [0.1, 0.15) is 5.56 Å². The molecule has 0 spiro atoms. The molecule has 0 aliphatic heterocycles. The molecule has 0 aliphatic carbocycles. The Kier molecular flexibility index (Phi) is 3.74. The Hall–Kier alpha value is -1.48. The van der Waals surface area contributed by atoms with Gasteiger partial charge in [0.15, 0.2) is 0 Å². The number of anilines is 1. The summed E-state index contributed by atoms with van der Waals surface area (Å²) in [5.41, 5.74) is 1.68. The number of hydrogen-bond donors (Lipinski definition) is 1. The predicted molar refractivity (Wildman–Crippen MR) is 62.4 cm³/mol. The lowest BCUT2D eigenvalue weighted by Gasteiger charge is -2.13. The van der Waals surface area contributed by atoms with E-state index in [-0.39, 0.29) is 0 Å². The van der Waals surface area contributed by atoms with Gasteiger partial charge in [-0.05, 0) is 23.8 Å². The third-order valence-electron chi connectivity index (χ3n) is 1.91. The van der Waals surface area contributed by atoms with E-state index in [4.69, 9.17) is 16.7 Å². The molecule has 0 saturated carbocycles. The van der Waals surface area contributed by atoms with E-state index in [1.807, 2.05) is 25.1 Å². The van der Waals surface area contributed by atoms with Crippen LogP contribution in [-0.4, -0.2) is 25.2 Å². The topological polar surface area (TPSA) is 40.5 Å². The van der Waals surface area contributed by atoms with Crippen molar-refractivity contribution in [1.29, 1.82) is 0 Å². The molecule has 0 heterocycles. The minimum absolute atomic E-state index is 0.540. The van der Waals surface area contributed by atoms with Crippen molar-refractivity contribution in [3.8, 4) is 0 Å². The van der Waals surface area contributed by atoms with E-state index in [9.17, 15) is 4.79 Å². The molecule has 80 valence electrons. The van der Waals surface area contributed by atoms with Gasteiger partial charge in [0.25, 0.3) is 0 Å². The second-order valence-corrected chi connectivity index (χ2v) is 3.68. The van der Waals surface area contributed by atoms with Gasteiger partial charge in [0, 0.05) is 30.9 Å². The Morgan fingerprint density at radius 3 is 2.60 bits per heavy atom. The second-order valence-electron chi connectivity index (χ2n) is 3.27. The van der Waals surface area contributed by atoms with Crippen molar-refractivity contribution in [1.82, 2.24) is 0 Å². The van der Waals surface area contributed by atoms with E-state index in [0.717, 1.165) is 11.8 Å². The first-order valence-electron chi connectivity index (χ1n) is 4.38. The van der Waals surface area contributed by atoms with Crippen molar-refractivity contribution in [2.45, 2.75) is 0 Å². The summed E-state index contributed by atoms with van der Waals surface area (Å²) in [4.78, 5) is 12.2. The van der Waals surface area contributed by atoms with Crippen LogP contribution in [0.4, 0.5) is 5.69 Å². The number of halogens is 1. The molecule has 0 amide bonds. The van der Waals surface area contributed by atoms with E-state index >= 15 is 0 Å². The van der Waals surface area contributed by atoms with Crippen LogP contribution < -0.4 is 4.90 Å². The van der Waals surface area contributed by atoms with Crippen molar-refractivity contribution in [3.05, 3.63) is 34.9 Å². The first-order chi connectivity index (χ1) is 7.00. The van der Waals surface area contributed by atoms with Crippen molar-refractivity contribution >= 4 is 29.3 Å². The normalized spacial score (nSPS) is 10.6. The van der Waals surface area contributed by atoms with Crippen LogP contribution in [-0.2, 0) is 4.79 Å². The van der Waals surface area contributed by atoms with Gasteiger partial charge in [0.1, 0.15) is 0 Å². The van der Waals surface area contributed by atoms with Crippen LogP contribution in [0, 0.1) is 0 Å². The van der Waals surface area contributed by atoms with E-state index < -0.39 is 5.97 Å². The lowest BCUT2D eigenvalue weighted by molar-refractivity contribution is -0.131. The molecular weight excluding hydrogens is 214 g/mol. The zero-order valence-electron chi connectivity index (χ0n) is 8.57. The number of rotatable bonds is 3. The first-order valence-corrected chi connectivity index (χ1v) is 4.76. The summed E-state index contributed by atoms with van der Waals surface area (Å²) in [6.45, 7) is 0. The molecule has 0 radical (unpaired) electrons. The Morgan fingerprint density at radius 1 is 1.47 bits per heavy atom. The van der Waals surface area contributed by atoms with E-state index in [2.05, 4.69) is 0 Å². The van der Waals surface area contributed by atoms with Gasteiger partial charge in [-0.2, -0.15) is 0 Å². The van der Waals surface area contributed by atoms with Crippen LogP contribution in [0.15, 0.2) is 24.3 Å².